The monoisotopic (exact) mass is 471 g/mol. The van der Waals surface area contributed by atoms with Crippen LogP contribution in [0.3, 0.4) is 0 Å². The molecule has 0 aliphatic rings. The molecule has 9 heteroatoms. The average Bonchev–Trinajstić information content (AvgIpc) is 3.44. The minimum atomic E-state index is -0.333. The Hall–Kier alpha value is -4.45. The third-order valence-electron chi connectivity index (χ3n) is 5.65. The highest BCUT2D eigenvalue weighted by Crippen LogP contribution is 2.24. The van der Waals surface area contributed by atoms with E-state index in [1.54, 1.807) is 21.5 Å². The first-order valence-corrected chi connectivity index (χ1v) is 11.4. The molecule has 0 fully saturated rings. The van der Waals surface area contributed by atoms with E-state index in [1.807, 2.05) is 44.2 Å². The van der Waals surface area contributed by atoms with Crippen LogP contribution in [-0.2, 0) is 6.42 Å². The molecular formula is C26H26FN7O. The lowest BCUT2D eigenvalue weighted by Gasteiger charge is -2.13. The van der Waals surface area contributed by atoms with Gasteiger partial charge < -0.3 is 11.1 Å². The van der Waals surface area contributed by atoms with Crippen molar-refractivity contribution in [3.8, 4) is 17.4 Å². The number of amides is 1. The van der Waals surface area contributed by atoms with E-state index in [0.29, 0.717) is 47.7 Å². The van der Waals surface area contributed by atoms with Crippen LogP contribution in [0.4, 0.5) is 10.2 Å². The van der Waals surface area contributed by atoms with Crippen LogP contribution in [-0.4, -0.2) is 32.0 Å². The molecule has 1 amide bonds. The number of hydrogen-bond acceptors (Lipinski definition) is 5. The Labute approximate surface area is 202 Å². The molecule has 178 valence electrons. The first-order valence-electron chi connectivity index (χ1n) is 11.4. The Morgan fingerprint density at radius 3 is 2.46 bits per heavy atom. The molecule has 0 unspecified atom stereocenters. The zero-order valence-electron chi connectivity index (χ0n) is 19.6. The van der Waals surface area contributed by atoms with Crippen LogP contribution in [0, 0.1) is 17.1 Å². The van der Waals surface area contributed by atoms with Crippen LogP contribution in [0.15, 0.2) is 60.8 Å². The van der Waals surface area contributed by atoms with E-state index in [9.17, 15) is 14.4 Å². The molecule has 2 heterocycles. The molecule has 0 bridgehead atoms. The third kappa shape index (κ3) is 4.92. The Bertz CT molecular complexity index is 1370. The molecule has 8 nitrogen and oxygen atoms in total. The fourth-order valence-corrected chi connectivity index (χ4v) is 3.97. The number of nitriles is 1. The van der Waals surface area contributed by atoms with Crippen molar-refractivity contribution in [3.05, 3.63) is 89.1 Å². The Morgan fingerprint density at radius 1 is 1.11 bits per heavy atom. The van der Waals surface area contributed by atoms with E-state index in [2.05, 4.69) is 21.6 Å². The Kier molecular flexibility index (Phi) is 6.92. The van der Waals surface area contributed by atoms with Gasteiger partial charge in [-0.2, -0.15) is 15.5 Å². The van der Waals surface area contributed by atoms with Gasteiger partial charge in [0.2, 0.25) is 0 Å². The van der Waals surface area contributed by atoms with E-state index in [-0.39, 0.29) is 17.6 Å². The summed E-state index contributed by atoms with van der Waals surface area (Å²) in [4.78, 5) is 12.9. The number of para-hydroxylation sites is 1. The number of nitrogens with zero attached hydrogens (tertiary/aromatic N) is 5. The number of aromatic nitrogens is 4. The molecule has 4 aromatic rings. The van der Waals surface area contributed by atoms with Gasteiger partial charge in [-0.05, 0) is 55.2 Å². The van der Waals surface area contributed by atoms with Gasteiger partial charge in [0.05, 0.1) is 34.5 Å². The van der Waals surface area contributed by atoms with Crippen molar-refractivity contribution in [2.75, 3.05) is 12.3 Å². The van der Waals surface area contributed by atoms with E-state index in [0.717, 1.165) is 11.4 Å². The lowest BCUT2D eigenvalue weighted by Crippen LogP contribution is -2.26. The summed E-state index contributed by atoms with van der Waals surface area (Å²) in [6.07, 6.45) is 2.60. The van der Waals surface area contributed by atoms with E-state index < -0.39 is 0 Å². The standard InChI is InChI=1S/C26H26FN7O/c1-17(2)24-22(16-31-33(24)20-12-10-18(27)11-13-20)26(35)30-14-6-9-23-21(15-28)25(29)34(32-23)19-7-4-3-5-8-19/h3-5,7-8,10-13,16-17H,6,9,14,29H2,1-2H3,(H,30,35). The number of benzene rings is 2. The molecule has 0 saturated heterocycles. The predicted molar refractivity (Wildman–Crippen MR) is 131 cm³/mol. The molecule has 0 aliphatic carbocycles. The van der Waals surface area contributed by atoms with Gasteiger partial charge in [-0.15, -0.1) is 0 Å². The quantitative estimate of drug-likeness (QED) is 0.375. The average molecular weight is 472 g/mol. The minimum Gasteiger partial charge on any atom is -0.382 e. The summed E-state index contributed by atoms with van der Waals surface area (Å²) in [5.41, 5.74) is 9.78. The van der Waals surface area contributed by atoms with Crippen LogP contribution < -0.4 is 11.1 Å². The fourth-order valence-electron chi connectivity index (χ4n) is 3.97. The molecule has 2 aromatic heterocycles. The van der Waals surface area contributed by atoms with Gasteiger partial charge in [0.1, 0.15) is 23.3 Å². The van der Waals surface area contributed by atoms with Gasteiger partial charge in [-0.3, -0.25) is 4.79 Å². The number of carbonyl (C=O) groups excluding carboxylic acids is 1. The van der Waals surface area contributed by atoms with E-state index in [1.165, 1.54) is 18.3 Å². The summed E-state index contributed by atoms with van der Waals surface area (Å²) in [6, 6.07) is 17.5. The lowest BCUT2D eigenvalue weighted by atomic mass is 10.0. The predicted octanol–water partition coefficient (Wildman–Crippen LogP) is 4.14. The summed E-state index contributed by atoms with van der Waals surface area (Å²) in [5.74, 6) is -0.254. The second-order valence-corrected chi connectivity index (χ2v) is 8.41. The molecule has 3 N–H and O–H groups in total. The highest BCUT2D eigenvalue weighted by molar-refractivity contribution is 5.95. The maximum Gasteiger partial charge on any atom is 0.254 e. The van der Waals surface area contributed by atoms with Gasteiger partial charge in [0.25, 0.3) is 5.91 Å². The van der Waals surface area contributed by atoms with Crippen molar-refractivity contribution in [1.82, 2.24) is 24.9 Å². The van der Waals surface area contributed by atoms with Gasteiger partial charge in [0.15, 0.2) is 0 Å². The SMILES string of the molecule is CC(C)c1c(C(=O)NCCCc2nn(-c3ccccc3)c(N)c2C#N)cnn1-c1ccc(F)cc1. The summed E-state index contributed by atoms with van der Waals surface area (Å²) < 4.78 is 16.5. The maximum absolute atomic E-state index is 13.3. The van der Waals surface area contributed by atoms with Crippen LogP contribution >= 0.6 is 0 Å². The van der Waals surface area contributed by atoms with Crippen LogP contribution in [0.5, 0.6) is 0 Å². The zero-order chi connectivity index (χ0) is 24.9. The van der Waals surface area contributed by atoms with Gasteiger partial charge in [0, 0.05) is 6.54 Å². The van der Waals surface area contributed by atoms with Crippen molar-refractivity contribution in [2.24, 2.45) is 0 Å². The maximum atomic E-state index is 13.3. The zero-order valence-corrected chi connectivity index (χ0v) is 19.6. The number of rotatable bonds is 8. The van der Waals surface area contributed by atoms with Crippen molar-refractivity contribution in [2.45, 2.75) is 32.6 Å². The fraction of sp³-hybridized carbons (Fsp3) is 0.231. The molecular weight excluding hydrogens is 445 g/mol. The molecule has 4 rings (SSSR count). The summed E-state index contributed by atoms with van der Waals surface area (Å²) >= 11 is 0. The normalized spacial score (nSPS) is 10.9. The van der Waals surface area contributed by atoms with Crippen LogP contribution in [0.25, 0.3) is 11.4 Å². The first-order chi connectivity index (χ1) is 16.9. The number of nitrogen functional groups attached to an aromatic ring is 1. The highest BCUT2D eigenvalue weighted by atomic mass is 19.1. The Morgan fingerprint density at radius 2 is 1.80 bits per heavy atom. The minimum absolute atomic E-state index is 0.0198. The molecule has 0 spiro atoms. The Balaban J connectivity index is 1.43. The lowest BCUT2D eigenvalue weighted by molar-refractivity contribution is 0.0952. The largest absolute Gasteiger partial charge is 0.382 e. The van der Waals surface area contributed by atoms with Gasteiger partial charge in [-0.25, -0.2) is 13.8 Å². The second kappa shape index (κ2) is 10.2. The van der Waals surface area contributed by atoms with E-state index >= 15 is 0 Å². The van der Waals surface area contributed by atoms with E-state index in [4.69, 9.17) is 5.73 Å². The molecule has 0 aliphatic heterocycles. The molecule has 0 saturated carbocycles. The number of carbonyl (C=O) groups is 1. The third-order valence-corrected chi connectivity index (χ3v) is 5.65. The van der Waals surface area contributed by atoms with Crippen molar-refractivity contribution >= 4 is 11.7 Å². The number of halogens is 1. The second-order valence-electron chi connectivity index (χ2n) is 8.41. The molecule has 2 aromatic carbocycles. The van der Waals surface area contributed by atoms with Crippen LogP contribution in [0.2, 0.25) is 0 Å². The number of nitrogens with two attached hydrogens (primary N) is 1. The number of nitrogens with one attached hydrogen (secondary N) is 1. The number of hydrogen-bond donors (Lipinski definition) is 2. The van der Waals surface area contributed by atoms with Gasteiger partial charge >= 0.3 is 0 Å². The first kappa shape index (κ1) is 23.7. The summed E-state index contributed by atoms with van der Waals surface area (Å²) in [7, 11) is 0. The van der Waals surface area contributed by atoms with Crippen molar-refractivity contribution in [1.29, 1.82) is 5.26 Å². The van der Waals surface area contributed by atoms with Crippen LogP contribution in [0.1, 0.15) is 53.5 Å². The smallest absolute Gasteiger partial charge is 0.254 e. The number of anilines is 1. The topological polar surface area (TPSA) is 115 Å². The number of aryl methyl sites for hydroxylation is 1. The highest BCUT2D eigenvalue weighted by Gasteiger charge is 2.21. The summed E-state index contributed by atoms with van der Waals surface area (Å²) in [6.45, 7) is 4.34. The molecule has 35 heavy (non-hydrogen) atoms. The molecule has 0 radical (unpaired) electrons. The van der Waals surface area contributed by atoms with Crippen molar-refractivity contribution < 1.29 is 9.18 Å². The summed E-state index contributed by atoms with van der Waals surface area (Å²) in [5, 5.41) is 21.4. The van der Waals surface area contributed by atoms with Crippen molar-refractivity contribution in [3.63, 3.8) is 0 Å². The van der Waals surface area contributed by atoms with Gasteiger partial charge in [-0.1, -0.05) is 32.0 Å². The molecule has 0 atom stereocenters.